The molecular weight excluding hydrogens is 372 g/mol. The van der Waals surface area contributed by atoms with Crippen molar-refractivity contribution in [2.45, 2.75) is 142 Å². The van der Waals surface area contributed by atoms with E-state index in [-0.39, 0.29) is 17.8 Å². The summed E-state index contributed by atoms with van der Waals surface area (Å²) in [7, 11) is 0. The van der Waals surface area contributed by atoms with Crippen LogP contribution in [-0.2, 0) is 4.74 Å². The average Bonchev–Trinajstić information content (AvgIpc) is 2.67. The van der Waals surface area contributed by atoms with Gasteiger partial charge in [0.2, 0.25) is 0 Å². The molecule has 1 aliphatic heterocycles. The Morgan fingerprint density at radius 1 is 1.17 bits per heavy atom. The third-order valence-corrected chi connectivity index (χ3v) is 8.19. The molecule has 2 fully saturated rings. The van der Waals surface area contributed by atoms with E-state index in [0.717, 1.165) is 57.8 Å². The monoisotopic (exact) mass is 422 g/mol. The zero-order valence-corrected chi connectivity index (χ0v) is 20.8. The van der Waals surface area contributed by atoms with E-state index in [2.05, 4.69) is 40.7 Å². The van der Waals surface area contributed by atoms with Crippen molar-refractivity contribution in [1.29, 1.82) is 0 Å². The van der Waals surface area contributed by atoms with Crippen LogP contribution in [0.4, 0.5) is 0 Å². The van der Waals surface area contributed by atoms with Gasteiger partial charge < -0.3 is 14.9 Å². The lowest BCUT2D eigenvalue weighted by Gasteiger charge is -2.51. The van der Waals surface area contributed by atoms with Crippen molar-refractivity contribution in [2.24, 2.45) is 17.8 Å². The molecule has 1 aliphatic carbocycles. The van der Waals surface area contributed by atoms with Crippen molar-refractivity contribution in [3.05, 3.63) is 11.6 Å². The molecule has 2 aliphatic rings. The summed E-state index contributed by atoms with van der Waals surface area (Å²) in [5.41, 5.74) is 0.818. The van der Waals surface area contributed by atoms with Crippen LogP contribution >= 0.6 is 0 Å². The summed E-state index contributed by atoms with van der Waals surface area (Å²) >= 11 is 0. The summed E-state index contributed by atoms with van der Waals surface area (Å²) in [6, 6.07) is 0. The number of fused-ring (bicyclic) bond motifs is 1. The molecule has 30 heavy (non-hydrogen) atoms. The largest absolute Gasteiger partial charge is 0.393 e. The van der Waals surface area contributed by atoms with Crippen LogP contribution in [0.3, 0.4) is 0 Å². The Hall–Kier alpha value is -0.380. The van der Waals surface area contributed by atoms with Crippen LogP contribution < -0.4 is 0 Å². The van der Waals surface area contributed by atoms with Crippen molar-refractivity contribution in [1.82, 2.24) is 0 Å². The van der Waals surface area contributed by atoms with E-state index in [1.54, 1.807) is 0 Å². The van der Waals surface area contributed by atoms with E-state index in [1.807, 2.05) is 6.92 Å². The highest BCUT2D eigenvalue weighted by Gasteiger charge is 2.46. The summed E-state index contributed by atoms with van der Waals surface area (Å²) in [6.07, 6.45) is 15.3. The standard InChI is InChI=1S/C27H50O3/c1-7-8-9-12-20(2)13-10-15-26(5,29)16-11-17-27(6)18-14-23-19-24(28)21(3)22(4)25(23)30-27/h12,21-25,28-29H,7-11,13-19H2,1-6H3. The van der Waals surface area contributed by atoms with Crippen LogP contribution in [0, 0.1) is 17.8 Å². The van der Waals surface area contributed by atoms with Crippen LogP contribution in [0.2, 0.25) is 0 Å². The van der Waals surface area contributed by atoms with Crippen molar-refractivity contribution >= 4 is 0 Å². The van der Waals surface area contributed by atoms with Gasteiger partial charge in [-0.25, -0.2) is 0 Å². The number of allylic oxidation sites excluding steroid dienone is 2. The Kier molecular flexibility index (Phi) is 9.90. The third kappa shape index (κ3) is 7.64. The normalized spacial score (nSPS) is 36.9. The molecule has 2 N–H and O–H groups in total. The Labute approximate surface area is 186 Å². The van der Waals surface area contributed by atoms with E-state index < -0.39 is 5.60 Å². The van der Waals surface area contributed by atoms with Gasteiger partial charge in [-0.1, -0.05) is 45.3 Å². The molecule has 1 saturated heterocycles. The first kappa shape index (κ1) is 25.9. The summed E-state index contributed by atoms with van der Waals surface area (Å²) in [5.74, 6) is 1.24. The molecule has 2 rings (SSSR count). The number of aliphatic hydroxyl groups excluding tert-OH is 1. The molecule has 1 heterocycles. The minimum atomic E-state index is -0.575. The number of hydrogen-bond donors (Lipinski definition) is 2. The van der Waals surface area contributed by atoms with Gasteiger partial charge >= 0.3 is 0 Å². The van der Waals surface area contributed by atoms with Gasteiger partial charge in [-0.15, -0.1) is 0 Å². The van der Waals surface area contributed by atoms with E-state index in [1.165, 1.54) is 24.8 Å². The second-order valence-corrected chi connectivity index (χ2v) is 11.2. The minimum Gasteiger partial charge on any atom is -0.393 e. The predicted octanol–water partition coefficient (Wildman–Crippen LogP) is 6.81. The van der Waals surface area contributed by atoms with Crippen LogP contribution in [0.1, 0.15) is 119 Å². The fourth-order valence-corrected chi connectivity index (χ4v) is 5.66. The van der Waals surface area contributed by atoms with Gasteiger partial charge in [0, 0.05) is 0 Å². The molecule has 7 unspecified atom stereocenters. The zero-order chi connectivity index (χ0) is 22.4. The van der Waals surface area contributed by atoms with Crippen LogP contribution in [-0.4, -0.2) is 33.6 Å². The van der Waals surface area contributed by atoms with E-state index in [9.17, 15) is 10.2 Å². The summed E-state index contributed by atoms with van der Waals surface area (Å²) in [5, 5.41) is 21.2. The number of ether oxygens (including phenoxy) is 1. The molecule has 0 radical (unpaired) electrons. The fourth-order valence-electron chi connectivity index (χ4n) is 5.66. The maximum atomic E-state index is 10.9. The van der Waals surface area contributed by atoms with Crippen LogP contribution in [0.25, 0.3) is 0 Å². The van der Waals surface area contributed by atoms with Crippen molar-refractivity contribution in [3.8, 4) is 0 Å². The number of unbranched alkanes of at least 4 members (excludes halogenated alkanes) is 2. The molecule has 0 amide bonds. The van der Waals surface area contributed by atoms with E-state index in [4.69, 9.17) is 4.74 Å². The molecule has 3 heteroatoms. The molecule has 0 aromatic heterocycles. The topological polar surface area (TPSA) is 49.7 Å². The van der Waals surface area contributed by atoms with Crippen molar-refractivity contribution in [2.75, 3.05) is 0 Å². The molecule has 1 saturated carbocycles. The second-order valence-electron chi connectivity index (χ2n) is 11.2. The third-order valence-electron chi connectivity index (χ3n) is 8.19. The second kappa shape index (κ2) is 11.5. The first-order chi connectivity index (χ1) is 14.1. The van der Waals surface area contributed by atoms with Gasteiger partial charge in [0.25, 0.3) is 0 Å². The summed E-state index contributed by atoms with van der Waals surface area (Å²) in [4.78, 5) is 0. The summed E-state index contributed by atoms with van der Waals surface area (Å²) in [6.45, 7) is 13.2. The van der Waals surface area contributed by atoms with Gasteiger partial charge in [0.15, 0.2) is 0 Å². The molecule has 0 aromatic carbocycles. The minimum absolute atomic E-state index is 0.0773. The van der Waals surface area contributed by atoms with Crippen molar-refractivity contribution in [3.63, 3.8) is 0 Å². The quantitative estimate of drug-likeness (QED) is 0.284. The molecule has 3 nitrogen and oxygen atoms in total. The number of hydrogen-bond acceptors (Lipinski definition) is 3. The lowest BCUT2D eigenvalue weighted by molar-refractivity contribution is -0.200. The van der Waals surface area contributed by atoms with Gasteiger partial charge in [-0.2, -0.15) is 0 Å². The highest BCUT2D eigenvalue weighted by Crippen LogP contribution is 2.46. The highest BCUT2D eigenvalue weighted by atomic mass is 16.5. The Morgan fingerprint density at radius 3 is 2.57 bits per heavy atom. The van der Waals surface area contributed by atoms with Gasteiger partial charge in [-0.05, 0) is 103 Å². The molecule has 0 aromatic rings. The fraction of sp³-hybridized carbons (Fsp3) is 0.926. The van der Waals surface area contributed by atoms with Gasteiger partial charge in [0.05, 0.1) is 23.4 Å². The summed E-state index contributed by atoms with van der Waals surface area (Å²) < 4.78 is 6.68. The molecule has 0 spiro atoms. The maximum Gasteiger partial charge on any atom is 0.0658 e. The Morgan fingerprint density at radius 2 is 1.87 bits per heavy atom. The van der Waals surface area contributed by atoms with E-state index in [0.29, 0.717) is 17.8 Å². The lowest BCUT2D eigenvalue weighted by atomic mass is 9.67. The van der Waals surface area contributed by atoms with Gasteiger partial charge in [0.1, 0.15) is 0 Å². The Bertz CT molecular complexity index is 538. The zero-order valence-electron chi connectivity index (χ0n) is 20.8. The molecule has 7 atom stereocenters. The lowest BCUT2D eigenvalue weighted by Crippen LogP contribution is -2.52. The predicted molar refractivity (Wildman–Crippen MR) is 127 cm³/mol. The molecule has 0 bridgehead atoms. The average molecular weight is 423 g/mol. The van der Waals surface area contributed by atoms with Crippen LogP contribution in [0.15, 0.2) is 11.6 Å². The number of rotatable bonds is 11. The maximum absolute atomic E-state index is 10.9. The number of aliphatic hydroxyl groups is 2. The SMILES string of the molecule is CCCCC=C(C)CCCC(C)(O)CCCC1(C)CCC2CC(O)C(C)C(C)C2O1. The molecule has 176 valence electrons. The van der Waals surface area contributed by atoms with Gasteiger partial charge in [-0.3, -0.25) is 0 Å². The molecular formula is C27H50O3. The first-order valence-electron chi connectivity index (χ1n) is 12.8. The first-order valence-corrected chi connectivity index (χ1v) is 12.8. The van der Waals surface area contributed by atoms with Crippen LogP contribution in [0.5, 0.6) is 0 Å². The van der Waals surface area contributed by atoms with Crippen molar-refractivity contribution < 1.29 is 14.9 Å². The smallest absolute Gasteiger partial charge is 0.0658 e. The van der Waals surface area contributed by atoms with E-state index >= 15 is 0 Å². The highest BCUT2D eigenvalue weighted by molar-refractivity contribution is 4.98. The Balaban J connectivity index is 1.73.